The first kappa shape index (κ1) is 22.4. The lowest BCUT2D eigenvalue weighted by atomic mass is 9.98. The largest absolute Gasteiger partial charge is 0.383 e. The van der Waals surface area contributed by atoms with Gasteiger partial charge in [0, 0.05) is 38.0 Å². The summed E-state index contributed by atoms with van der Waals surface area (Å²) in [5, 5.41) is 5.88. The molecule has 0 spiro atoms. The zero-order chi connectivity index (χ0) is 18.2. The molecule has 1 aromatic carbocycles. The van der Waals surface area contributed by atoms with Gasteiger partial charge in [0.15, 0.2) is 0 Å². The molecule has 0 unspecified atom stereocenters. The Labute approximate surface area is 162 Å². The van der Waals surface area contributed by atoms with Crippen LogP contribution in [0.5, 0.6) is 0 Å². The molecule has 1 aliphatic heterocycles. The average Bonchev–Trinajstić information content (AvgIpc) is 2.60. The van der Waals surface area contributed by atoms with Crippen LogP contribution in [0.15, 0.2) is 18.2 Å². The summed E-state index contributed by atoms with van der Waals surface area (Å²) in [6.45, 7) is 7.21. The van der Waals surface area contributed by atoms with Crippen LogP contribution >= 0.6 is 12.4 Å². The normalized spacial score (nSPS) is 14.7. The van der Waals surface area contributed by atoms with Gasteiger partial charge in [0.25, 0.3) is 5.91 Å². The minimum atomic E-state index is -0.108. The number of nitrogens with zero attached hydrogens (tertiary/aromatic N) is 1. The van der Waals surface area contributed by atoms with Crippen molar-refractivity contribution in [1.29, 1.82) is 0 Å². The fraction of sp³-hybridized carbons (Fsp3) is 0.579. The van der Waals surface area contributed by atoms with Gasteiger partial charge in [-0.2, -0.15) is 0 Å². The molecular weight excluding hydrogens is 354 g/mol. The molecule has 0 radical (unpaired) electrons. The summed E-state index contributed by atoms with van der Waals surface area (Å²) in [7, 11) is 1.62. The number of hydrogen-bond donors (Lipinski definition) is 2. The summed E-state index contributed by atoms with van der Waals surface area (Å²) < 4.78 is 4.92. The molecule has 1 fully saturated rings. The first-order chi connectivity index (χ1) is 12.0. The molecule has 0 saturated carbocycles. The van der Waals surface area contributed by atoms with Gasteiger partial charge in [-0.1, -0.05) is 6.92 Å². The number of amides is 2. The molecule has 2 N–H and O–H groups in total. The Hall–Kier alpha value is -1.63. The molecule has 1 aliphatic rings. The van der Waals surface area contributed by atoms with Crippen LogP contribution in [-0.4, -0.2) is 56.6 Å². The maximum absolute atomic E-state index is 12.6. The van der Waals surface area contributed by atoms with E-state index in [-0.39, 0.29) is 30.8 Å². The predicted octanol–water partition coefficient (Wildman–Crippen LogP) is 2.46. The molecule has 0 aromatic heterocycles. The van der Waals surface area contributed by atoms with Crippen LogP contribution in [0.1, 0.15) is 35.7 Å². The van der Waals surface area contributed by atoms with E-state index in [0.717, 1.165) is 37.2 Å². The summed E-state index contributed by atoms with van der Waals surface area (Å²) in [4.78, 5) is 26.5. The molecule has 0 atom stereocenters. The summed E-state index contributed by atoms with van der Waals surface area (Å²) >= 11 is 0. The van der Waals surface area contributed by atoms with Crippen molar-refractivity contribution in [3.63, 3.8) is 0 Å². The van der Waals surface area contributed by atoms with Gasteiger partial charge in [0.05, 0.1) is 13.2 Å². The lowest BCUT2D eigenvalue weighted by molar-refractivity contribution is -0.115. The number of aryl methyl sites for hydroxylation is 1. The van der Waals surface area contributed by atoms with Crippen molar-refractivity contribution in [2.75, 3.05) is 45.2 Å². The third-order valence-electron chi connectivity index (χ3n) is 4.59. The molecule has 1 saturated heterocycles. The van der Waals surface area contributed by atoms with Crippen LogP contribution in [0, 0.1) is 12.8 Å². The van der Waals surface area contributed by atoms with Gasteiger partial charge >= 0.3 is 0 Å². The van der Waals surface area contributed by atoms with E-state index in [9.17, 15) is 9.59 Å². The first-order valence-electron chi connectivity index (χ1n) is 8.90. The van der Waals surface area contributed by atoms with E-state index in [0.29, 0.717) is 24.6 Å². The topological polar surface area (TPSA) is 70.7 Å². The lowest BCUT2D eigenvalue weighted by Crippen LogP contribution is -2.37. The Kier molecular flexibility index (Phi) is 9.62. The maximum atomic E-state index is 12.6. The molecular formula is C19H30ClN3O3. The fourth-order valence-corrected chi connectivity index (χ4v) is 2.90. The number of carbonyl (C=O) groups is 2. The highest BCUT2D eigenvalue weighted by Crippen LogP contribution is 2.21. The average molecular weight is 384 g/mol. The number of ether oxygens (including phenoxy) is 1. The van der Waals surface area contributed by atoms with Crippen molar-refractivity contribution in [2.45, 2.75) is 26.7 Å². The summed E-state index contributed by atoms with van der Waals surface area (Å²) in [6, 6.07) is 5.46. The molecule has 0 aliphatic carbocycles. The van der Waals surface area contributed by atoms with Crippen LogP contribution in [-0.2, 0) is 9.53 Å². The molecule has 1 heterocycles. The van der Waals surface area contributed by atoms with Gasteiger partial charge in [-0.05, 0) is 49.4 Å². The quantitative estimate of drug-likeness (QED) is 0.709. The summed E-state index contributed by atoms with van der Waals surface area (Å²) in [5.74, 6) is 0.665. The second-order valence-electron chi connectivity index (χ2n) is 6.72. The number of carbonyl (C=O) groups excluding carboxylic acids is 2. The molecule has 2 rings (SSSR count). The van der Waals surface area contributed by atoms with Crippen molar-refractivity contribution in [3.8, 4) is 0 Å². The molecule has 7 heteroatoms. The van der Waals surface area contributed by atoms with Crippen molar-refractivity contribution in [3.05, 3.63) is 29.3 Å². The van der Waals surface area contributed by atoms with E-state index in [1.807, 2.05) is 24.0 Å². The van der Waals surface area contributed by atoms with E-state index in [1.165, 1.54) is 0 Å². The smallest absolute Gasteiger partial charge is 0.253 e. The van der Waals surface area contributed by atoms with Gasteiger partial charge in [0.1, 0.15) is 0 Å². The van der Waals surface area contributed by atoms with E-state index in [2.05, 4.69) is 17.6 Å². The SMILES string of the molecule is COCCNCC(=O)Nc1ccc(C(=O)N2CCC(C)CC2)cc1C.Cl. The van der Waals surface area contributed by atoms with Gasteiger partial charge < -0.3 is 20.3 Å². The minimum absolute atomic E-state index is 0. The molecule has 1 aromatic rings. The number of halogens is 1. The van der Waals surface area contributed by atoms with Gasteiger partial charge in [-0.25, -0.2) is 0 Å². The van der Waals surface area contributed by atoms with E-state index in [1.54, 1.807) is 13.2 Å². The number of benzene rings is 1. The molecule has 6 nitrogen and oxygen atoms in total. The second-order valence-corrected chi connectivity index (χ2v) is 6.72. The van der Waals surface area contributed by atoms with Crippen LogP contribution in [0.3, 0.4) is 0 Å². The molecule has 146 valence electrons. The van der Waals surface area contributed by atoms with Crippen LogP contribution in [0.2, 0.25) is 0 Å². The maximum Gasteiger partial charge on any atom is 0.253 e. The highest BCUT2D eigenvalue weighted by atomic mass is 35.5. The minimum Gasteiger partial charge on any atom is -0.383 e. The second kappa shape index (κ2) is 11.2. The van der Waals surface area contributed by atoms with E-state index >= 15 is 0 Å². The fourth-order valence-electron chi connectivity index (χ4n) is 2.90. The van der Waals surface area contributed by atoms with Crippen molar-refractivity contribution >= 4 is 29.9 Å². The Morgan fingerprint density at radius 3 is 2.58 bits per heavy atom. The van der Waals surface area contributed by atoms with Crippen molar-refractivity contribution in [2.24, 2.45) is 5.92 Å². The first-order valence-corrected chi connectivity index (χ1v) is 8.90. The Morgan fingerprint density at radius 2 is 1.96 bits per heavy atom. The predicted molar refractivity (Wildman–Crippen MR) is 106 cm³/mol. The number of anilines is 1. The van der Waals surface area contributed by atoms with Gasteiger partial charge in [-0.15, -0.1) is 12.4 Å². The molecule has 0 bridgehead atoms. The number of nitrogens with one attached hydrogen (secondary N) is 2. The number of methoxy groups -OCH3 is 1. The Balaban J connectivity index is 0.00000338. The summed E-state index contributed by atoms with van der Waals surface area (Å²) in [5.41, 5.74) is 2.31. The zero-order valence-corrected chi connectivity index (χ0v) is 16.7. The zero-order valence-electron chi connectivity index (χ0n) is 15.8. The van der Waals surface area contributed by atoms with Crippen molar-refractivity contribution in [1.82, 2.24) is 10.2 Å². The van der Waals surface area contributed by atoms with Crippen LogP contribution in [0.4, 0.5) is 5.69 Å². The highest BCUT2D eigenvalue weighted by molar-refractivity contribution is 5.97. The number of rotatable bonds is 7. The number of piperidine rings is 1. The van der Waals surface area contributed by atoms with Crippen LogP contribution in [0.25, 0.3) is 0 Å². The monoisotopic (exact) mass is 383 g/mol. The van der Waals surface area contributed by atoms with Crippen LogP contribution < -0.4 is 10.6 Å². The lowest BCUT2D eigenvalue weighted by Gasteiger charge is -2.30. The molecule has 2 amide bonds. The third-order valence-corrected chi connectivity index (χ3v) is 4.59. The number of likely N-dealkylation sites (tertiary alicyclic amines) is 1. The summed E-state index contributed by atoms with van der Waals surface area (Å²) in [6.07, 6.45) is 2.13. The third kappa shape index (κ3) is 6.59. The highest BCUT2D eigenvalue weighted by Gasteiger charge is 2.21. The van der Waals surface area contributed by atoms with Crippen molar-refractivity contribution < 1.29 is 14.3 Å². The molecule has 26 heavy (non-hydrogen) atoms. The van der Waals surface area contributed by atoms with Gasteiger partial charge in [-0.3, -0.25) is 9.59 Å². The Morgan fingerprint density at radius 1 is 1.27 bits per heavy atom. The van der Waals surface area contributed by atoms with Gasteiger partial charge in [0.2, 0.25) is 5.91 Å². The standard InChI is InChI=1S/C19H29N3O3.ClH/c1-14-6-9-22(10-7-14)19(24)16-4-5-17(15(2)12-16)21-18(23)13-20-8-11-25-3;/h4-5,12,14,20H,6-11,13H2,1-3H3,(H,21,23);1H. The van der Waals surface area contributed by atoms with E-state index < -0.39 is 0 Å². The Bertz CT molecular complexity index is 602. The number of hydrogen-bond acceptors (Lipinski definition) is 4. The van der Waals surface area contributed by atoms with E-state index in [4.69, 9.17) is 4.74 Å².